The van der Waals surface area contributed by atoms with E-state index in [4.69, 9.17) is 4.74 Å². The van der Waals surface area contributed by atoms with Gasteiger partial charge in [0, 0.05) is 31.3 Å². The maximum Gasteiger partial charge on any atom is 0.273 e. The number of thiazole rings is 1. The highest BCUT2D eigenvalue weighted by Gasteiger charge is 2.25. The summed E-state index contributed by atoms with van der Waals surface area (Å²) in [5.41, 5.74) is 2.25. The van der Waals surface area contributed by atoms with Gasteiger partial charge in [-0.15, -0.1) is 11.3 Å². The molecule has 1 amide bonds. The number of carbonyl (C=O) groups is 1. The minimum atomic E-state index is 0.0319. The Hall–Kier alpha value is -1.88. The van der Waals surface area contributed by atoms with Crippen molar-refractivity contribution in [2.75, 3.05) is 13.1 Å². The van der Waals surface area contributed by atoms with E-state index in [0.717, 1.165) is 31.7 Å². The first-order valence-electron chi connectivity index (χ1n) is 6.72. The van der Waals surface area contributed by atoms with Crippen molar-refractivity contribution in [3.8, 4) is 5.75 Å². The number of rotatable bonds is 3. The largest absolute Gasteiger partial charge is 0.490 e. The third-order valence-corrected chi connectivity index (χ3v) is 4.01. The van der Waals surface area contributed by atoms with Crippen molar-refractivity contribution in [2.45, 2.75) is 18.9 Å². The number of aromatic nitrogens is 1. The topological polar surface area (TPSA) is 42.4 Å². The second-order valence-electron chi connectivity index (χ2n) is 4.80. The molecule has 3 rings (SSSR count). The van der Waals surface area contributed by atoms with Crippen LogP contribution < -0.4 is 4.74 Å². The zero-order valence-corrected chi connectivity index (χ0v) is 11.9. The van der Waals surface area contributed by atoms with E-state index in [9.17, 15) is 4.79 Å². The smallest absolute Gasteiger partial charge is 0.273 e. The molecule has 0 radical (unpaired) electrons. The Morgan fingerprint density at radius 2 is 2.00 bits per heavy atom. The van der Waals surface area contributed by atoms with Gasteiger partial charge in [-0.25, -0.2) is 4.98 Å². The fourth-order valence-corrected chi connectivity index (χ4v) is 2.87. The summed E-state index contributed by atoms with van der Waals surface area (Å²) in [6.45, 7) is 1.46. The van der Waals surface area contributed by atoms with E-state index in [1.807, 2.05) is 35.2 Å². The maximum absolute atomic E-state index is 12.2. The van der Waals surface area contributed by atoms with E-state index < -0.39 is 0 Å². The summed E-state index contributed by atoms with van der Waals surface area (Å²) in [4.78, 5) is 18.1. The first-order valence-corrected chi connectivity index (χ1v) is 7.66. The molecule has 20 heavy (non-hydrogen) atoms. The molecule has 0 unspecified atom stereocenters. The number of carbonyl (C=O) groups excluding carboxylic acids is 1. The first-order chi connectivity index (χ1) is 9.83. The number of nitrogens with zero attached hydrogens (tertiary/aromatic N) is 2. The Kier molecular flexibility index (Phi) is 3.97. The minimum Gasteiger partial charge on any atom is -0.490 e. The number of hydrogen-bond acceptors (Lipinski definition) is 4. The average Bonchev–Trinajstić information content (AvgIpc) is 3.03. The first kappa shape index (κ1) is 13.1. The quantitative estimate of drug-likeness (QED) is 0.872. The lowest BCUT2D eigenvalue weighted by Crippen LogP contribution is -2.41. The molecule has 1 aliphatic heterocycles. The molecular formula is C15H16N2O2S. The van der Waals surface area contributed by atoms with Gasteiger partial charge in [0.15, 0.2) is 0 Å². The summed E-state index contributed by atoms with van der Waals surface area (Å²) in [7, 11) is 0. The zero-order valence-electron chi connectivity index (χ0n) is 11.1. The van der Waals surface area contributed by atoms with E-state index in [0.29, 0.717) is 5.69 Å². The van der Waals surface area contributed by atoms with Gasteiger partial charge in [0.25, 0.3) is 5.91 Å². The van der Waals surface area contributed by atoms with Crippen LogP contribution in [0.1, 0.15) is 23.3 Å². The molecule has 0 N–H and O–H groups in total. The summed E-state index contributed by atoms with van der Waals surface area (Å²) < 4.78 is 5.92. The highest BCUT2D eigenvalue weighted by Crippen LogP contribution is 2.19. The molecule has 0 bridgehead atoms. The lowest BCUT2D eigenvalue weighted by molar-refractivity contribution is 0.0591. The molecule has 2 aromatic rings. The van der Waals surface area contributed by atoms with Crippen LogP contribution in [0.15, 0.2) is 41.2 Å². The van der Waals surface area contributed by atoms with Gasteiger partial charge in [-0.1, -0.05) is 18.2 Å². The Labute approximate surface area is 122 Å². The molecule has 1 aromatic heterocycles. The van der Waals surface area contributed by atoms with Crippen LogP contribution in [0.2, 0.25) is 0 Å². The molecule has 104 valence electrons. The number of likely N-dealkylation sites (tertiary alicyclic amines) is 1. The van der Waals surface area contributed by atoms with E-state index in [2.05, 4.69) is 4.98 Å². The summed E-state index contributed by atoms with van der Waals surface area (Å²) in [5, 5.41) is 1.80. The monoisotopic (exact) mass is 288 g/mol. The molecule has 1 aromatic carbocycles. The summed E-state index contributed by atoms with van der Waals surface area (Å²) in [6, 6.07) is 9.84. The normalized spacial score (nSPS) is 16.1. The number of piperidine rings is 1. The Morgan fingerprint density at radius 1 is 1.25 bits per heavy atom. The number of para-hydroxylation sites is 1. The number of hydrogen-bond donors (Lipinski definition) is 0. The highest BCUT2D eigenvalue weighted by atomic mass is 32.1. The highest BCUT2D eigenvalue weighted by molar-refractivity contribution is 7.07. The molecule has 0 spiro atoms. The average molecular weight is 288 g/mol. The van der Waals surface area contributed by atoms with Crippen LogP contribution in [0.25, 0.3) is 0 Å². The van der Waals surface area contributed by atoms with Gasteiger partial charge in [-0.2, -0.15) is 0 Å². The number of amides is 1. The predicted molar refractivity (Wildman–Crippen MR) is 78.1 cm³/mol. The van der Waals surface area contributed by atoms with Crippen LogP contribution in [0.4, 0.5) is 0 Å². The predicted octanol–water partition coefficient (Wildman–Crippen LogP) is 2.83. The number of benzene rings is 1. The fraction of sp³-hybridized carbons (Fsp3) is 0.333. The SMILES string of the molecule is O=C(c1cscn1)N1CCC(Oc2ccccc2)CC1. The molecule has 2 heterocycles. The number of ether oxygens (including phenoxy) is 1. The molecule has 1 aliphatic rings. The van der Waals surface area contributed by atoms with Gasteiger partial charge in [0.05, 0.1) is 5.51 Å². The van der Waals surface area contributed by atoms with Crippen LogP contribution in [0.5, 0.6) is 5.75 Å². The molecule has 1 fully saturated rings. The maximum atomic E-state index is 12.2. The van der Waals surface area contributed by atoms with Crippen LogP contribution >= 0.6 is 11.3 Å². The van der Waals surface area contributed by atoms with Crippen LogP contribution in [-0.2, 0) is 0 Å². The second kappa shape index (κ2) is 6.05. The standard InChI is InChI=1S/C15H16N2O2S/c18-15(14-10-20-11-16-14)17-8-6-13(7-9-17)19-12-4-2-1-3-5-12/h1-5,10-11,13H,6-9H2. The molecule has 4 nitrogen and oxygen atoms in total. The van der Waals surface area contributed by atoms with Gasteiger partial charge >= 0.3 is 0 Å². The van der Waals surface area contributed by atoms with Gasteiger partial charge in [0.2, 0.25) is 0 Å². The zero-order chi connectivity index (χ0) is 13.8. The lowest BCUT2D eigenvalue weighted by atomic mass is 10.1. The molecule has 1 saturated heterocycles. The Bertz CT molecular complexity index is 549. The van der Waals surface area contributed by atoms with E-state index in [1.54, 1.807) is 10.9 Å². The van der Waals surface area contributed by atoms with Gasteiger partial charge in [-0.3, -0.25) is 4.79 Å². The molecular weight excluding hydrogens is 272 g/mol. The van der Waals surface area contributed by atoms with E-state index >= 15 is 0 Å². The summed E-state index contributed by atoms with van der Waals surface area (Å²) >= 11 is 1.45. The van der Waals surface area contributed by atoms with Crippen molar-refractivity contribution >= 4 is 17.2 Å². The van der Waals surface area contributed by atoms with Crippen LogP contribution in [0, 0.1) is 0 Å². The molecule has 0 atom stereocenters. The van der Waals surface area contributed by atoms with Gasteiger partial charge in [0.1, 0.15) is 17.5 Å². The Balaban J connectivity index is 1.53. The molecule has 0 saturated carbocycles. The summed E-state index contributed by atoms with van der Waals surface area (Å²) in [6.07, 6.45) is 1.92. The van der Waals surface area contributed by atoms with Crippen LogP contribution in [-0.4, -0.2) is 35.0 Å². The van der Waals surface area contributed by atoms with Crippen molar-refractivity contribution in [3.63, 3.8) is 0 Å². The summed E-state index contributed by atoms with van der Waals surface area (Å²) in [5.74, 6) is 0.932. The lowest BCUT2D eigenvalue weighted by Gasteiger charge is -2.31. The third kappa shape index (κ3) is 2.99. The van der Waals surface area contributed by atoms with Crippen molar-refractivity contribution in [1.82, 2.24) is 9.88 Å². The fourth-order valence-electron chi connectivity index (χ4n) is 2.35. The minimum absolute atomic E-state index is 0.0319. The molecule has 5 heteroatoms. The van der Waals surface area contributed by atoms with E-state index in [1.165, 1.54) is 11.3 Å². The van der Waals surface area contributed by atoms with Crippen molar-refractivity contribution < 1.29 is 9.53 Å². The van der Waals surface area contributed by atoms with Crippen LogP contribution in [0.3, 0.4) is 0 Å². The second-order valence-corrected chi connectivity index (χ2v) is 5.51. The van der Waals surface area contributed by atoms with Crippen molar-refractivity contribution in [3.05, 3.63) is 46.9 Å². The van der Waals surface area contributed by atoms with Gasteiger partial charge in [-0.05, 0) is 12.1 Å². The third-order valence-electron chi connectivity index (χ3n) is 3.43. The Morgan fingerprint density at radius 3 is 2.65 bits per heavy atom. The van der Waals surface area contributed by atoms with E-state index in [-0.39, 0.29) is 12.0 Å². The van der Waals surface area contributed by atoms with Crippen molar-refractivity contribution in [2.24, 2.45) is 0 Å². The van der Waals surface area contributed by atoms with Crippen molar-refractivity contribution in [1.29, 1.82) is 0 Å². The molecule has 0 aliphatic carbocycles. The van der Waals surface area contributed by atoms with Gasteiger partial charge < -0.3 is 9.64 Å².